The Morgan fingerprint density at radius 3 is 2.00 bits per heavy atom. The fourth-order valence-electron chi connectivity index (χ4n) is 3.77. The second-order valence-corrected chi connectivity index (χ2v) is 6.20. The van der Waals surface area contributed by atoms with Crippen LogP contribution in [0.4, 0.5) is 0 Å². The third-order valence-corrected chi connectivity index (χ3v) is 4.93. The first-order chi connectivity index (χ1) is 9.68. The molecule has 3 fully saturated rings. The number of hydrogen-bond donors (Lipinski definition) is 0. The van der Waals surface area contributed by atoms with Crippen LogP contribution in [0.3, 0.4) is 0 Å². The van der Waals surface area contributed by atoms with Crippen LogP contribution in [0, 0.1) is 11.8 Å². The zero-order valence-electron chi connectivity index (χ0n) is 11.8. The van der Waals surface area contributed by atoms with Gasteiger partial charge in [-0.05, 0) is 32.1 Å². The van der Waals surface area contributed by atoms with Gasteiger partial charge in [0.2, 0.25) is 17.7 Å². The molecule has 2 heterocycles. The van der Waals surface area contributed by atoms with Gasteiger partial charge in [0.15, 0.2) is 0 Å². The van der Waals surface area contributed by atoms with Gasteiger partial charge >= 0.3 is 0 Å². The van der Waals surface area contributed by atoms with Crippen LogP contribution < -0.4 is 0 Å². The smallest absolute Gasteiger partial charge is 0.242 e. The molecule has 0 bridgehead atoms. The Hall–Kier alpha value is -1.39. The molecule has 0 aromatic rings. The lowest BCUT2D eigenvalue weighted by atomic mass is 9.81. The van der Waals surface area contributed by atoms with Gasteiger partial charge in [-0.2, -0.15) is 0 Å². The summed E-state index contributed by atoms with van der Waals surface area (Å²) >= 11 is 0. The van der Waals surface area contributed by atoms with Crippen LogP contribution in [0.15, 0.2) is 0 Å². The highest BCUT2D eigenvalue weighted by molar-refractivity contribution is 6.07. The lowest BCUT2D eigenvalue weighted by molar-refractivity contribution is -0.146. The molecule has 2 aliphatic heterocycles. The number of hydrogen-bond acceptors (Lipinski definition) is 3. The standard InChI is InChI=1S/C15H22N2O3/c18-13(16-8-4-1-5-9-16)10-17-14(19)11-6-2-3-7-12(11)15(17)20/h11-12H,1-10H2. The SMILES string of the molecule is O=C(CN1C(=O)C2CCCCC2C1=O)N1CCCCC1. The second kappa shape index (κ2) is 5.54. The Kier molecular flexibility index (Phi) is 3.76. The molecule has 110 valence electrons. The van der Waals surface area contributed by atoms with Gasteiger partial charge in [-0.25, -0.2) is 0 Å². The molecular formula is C15H22N2O3. The highest BCUT2D eigenvalue weighted by Crippen LogP contribution is 2.37. The average molecular weight is 278 g/mol. The molecule has 0 radical (unpaired) electrons. The highest BCUT2D eigenvalue weighted by Gasteiger charge is 2.48. The first-order valence-corrected chi connectivity index (χ1v) is 7.81. The number of nitrogens with zero attached hydrogens (tertiary/aromatic N) is 2. The van der Waals surface area contributed by atoms with Gasteiger partial charge in [-0.15, -0.1) is 0 Å². The minimum Gasteiger partial charge on any atom is -0.341 e. The molecule has 5 nitrogen and oxygen atoms in total. The zero-order chi connectivity index (χ0) is 14.1. The molecular weight excluding hydrogens is 256 g/mol. The summed E-state index contributed by atoms with van der Waals surface area (Å²) in [5.41, 5.74) is 0. The Morgan fingerprint density at radius 2 is 1.45 bits per heavy atom. The summed E-state index contributed by atoms with van der Waals surface area (Å²) in [7, 11) is 0. The van der Waals surface area contributed by atoms with Gasteiger partial charge in [-0.3, -0.25) is 19.3 Å². The maximum absolute atomic E-state index is 12.3. The maximum Gasteiger partial charge on any atom is 0.242 e. The van der Waals surface area contributed by atoms with Crippen molar-refractivity contribution < 1.29 is 14.4 Å². The van der Waals surface area contributed by atoms with Crippen molar-refractivity contribution in [3.05, 3.63) is 0 Å². The molecule has 1 saturated carbocycles. The predicted octanol–water partition coefficient (Wildman–Crippen LogP) is 1.17. The highest BCUT2D eigenvalue weighted by atomic mass is 16.2. The first-order valence-electron chi connectivity index (χ1n) is 7.81. The van der Waals surface area contributed by atoms with Gasteiger partial charge in [-0.1, -0.05) is 12.8 Å². The van der Waals surface area contributed by atoms with Crippen molar-refractivity contribution in [2.45, 2.75) is 44.9 Å². The lowest BCUT2D eigenvalue weighted by Gasteiger charge is -2.28. The summed E-state index contributed by atoms with van der Waals surface area (Å²) < 4.78 is 0. The fourth-order valence-corrected chi connectivity index (χ4v) is 3.77. The lowest BCUT2D eigenvalue weighted by Crippen LogP contribution is -2.44. The molecule has 0 spiro atoms. The molecule has 3 aliphatic rings. The van der Waals surface area contributed by atoms with E-state index in [9.17, 15) is 14.4 Å². The summed E-state index contributed by atoms with van der Waals surface area (Å²) in [6.07, 6.45) is 6.88. The van der Waals surface area contributed by atoms with E-state index in [-0.39, 0.29) is 36.1 Å². The Balaban J connectivity index is 1.66. The molecule has 0 aromatic carbocycles. The van der Waals surface area contributed by atoms with Gasteiger partial charge < -0.3 is 4.90 Å². The van der Waals surface area contributed by atoms with Crippen molar-refractivity contribution in [1.82, 2.24) is 9.80 Å². The number of imide groups is 1. The minimum atomic E-state index is -0.148. The Labute approximate surface area is 119 Å². The van der Waals surface area contributed by atoms with Crippen molar-refractivity contribution in [2.24, 2.45) is 11.8 Å². The zero-order valence-corrected chi connectivity index (χ0v) is 11.8. The van der Waals surface area contributed by atoms with Crippen molar-refractivity contribution in [1.29, 1.82) is 0 Å². The van der Waals surface area contributed by atoms with Crippen molar-refractivity contribution in [2.75, 3.05) is 19.6 Å². The number of carbonyl (C=O) groups is 3. The van der Waals surface area contributed by atoms with Crippen LogP contribution in [0.25, 0.3) is 0 Å². The van der Waals surface area contributed by atoms with Crippen LogP contribution in [-0.4, -0.2) is 47.2 Å². The number of piperidine rings is 1. The number of amides is 3. The third kappa shape index (κ3) is 2.34. The monoisotopic (exact) mass is 278 g/mol. The number of likely N-dealkylation sites (tertiary alicyclic amines) is 2. The van der Waals surface area contributed by atoms with E-state index < -0.39 is 0 Å². The quantitative estimate of drug-likeness (QED) is 0.713. The normalized spacial score (nSPS) is 30.6. The molecule has 20 heavy (non-hydrogen) atoms. The van der Waals surface area contributed by atoms with Crippen molar-refractivity contribution in [3.8, 4) is 0 Å². The third-order valence-electron chi connectivity index (χ3n) is 4.93. The second-order valence-electron chi connectivity index (χ2n) is 6.20. The summed E-state index contributed by atoms with van der Waals surface area (Å²) in [6, 6.07) is 0. The van der Waals surface area contributed by atoms with Crippen LogP contribution >= 0.6 is 0 Å². The first kappa shape index (κ1) is 13.6. The van der Waals surface area contributed by atoms with Crippen LogP contribution in [0.2, 0.25) is 0 Å². The molecule has 0 N–H and O–H groups in total. The van der Waals surface area contributed by atoms with E-state index >= 15 is 0 Å². The van der Waals surface area contributed by atoms with Gasteiger partial charge in [0.25, 0.3) is 0 Å². The fraction of sp³-hybridized carbons (Fsp3) is 0.800. The van der Waals surface area contributed by atoms with E-state index in [0.717, 1.165) is 58.0 Å². The van der Waals surface area contributed by atoms with Crippen molar-refractivity contribution in [3.63, 3.8) is 0 Å². The number of fused-ring (bicyclic) bond motifs is 1. The number of rotatable bonds is 2. The van der Waals surface area contributed by atoms with E-state index in [4.69, 9.17) is 0 Å². The molecule has 0 aromatic heterocycles. The summed E-state index contributed by atoms with van der Waals surface area (Å²) in [5, 5.41) is 0. The molecule has 3 amide bonds. The summed E-state index contributed by atoms with van der Waals surface area (Å²) in [5.74, 6) is -0.573. The van der Waals surface area contributed by atoms with Gasteiger partial charge in [0.1, 0.15) is 6.54 Å². The van der Waals surface area contributed by atoms with Crippen LogP contribution in [-0.2, 0) is 14.4 Å². The van der Waals surface area contributed by atoms with Gasteiger partial charge in [0, 0.05) is 13.1 Å². The molecule has 3 rings (SSSR count). The molecule has 2 saturated heterocycles. The van der Waals surface area contributed by atoms with E-state index in [1.54, 1.807) is 4.90 Å². The average Bonchev–Trinajstić information content (AvgIpc) is 2.74. The molecule has 1 aliphatic carbocycles. The predicted molar refractivity (Wildman–Crippen MR) is 72.6 cm³/mol. The topological polar surface area (TPSA) is 57.7 Å². The molecule has 2 atom stereocenters. The van der Waals surface area contributed by atoms with E-state index in [1.807, 2.05) is 0 Å². The summed E-state index contributed by atoms with van der Waals surface area (Å²) in [6.45, 7) is 1.49. The van der Waals surface area contributed by atoms with Gasteiger partial charge in [0.05, 0.1) is 11.8 Å². The molecule has 5 heteroatoms. The van der Waals surface area contributed by atoms with E-state index in [2.05, 4.69) is 0 Å². The van der Waals surface area contributed by atoms with Crippen LogP contribution in [0.5, 0.6) is 0 Å². The molecule has 2 unspecified atom stereocenters. The largest absolute Gasteiger partial charge is 0.341 e. The Bertz CT molecular complexity index is 405. The van der Waals surface area contributed by atoms with Crippen molar-refractivity contribution >= 4 is 17.7 Å². The minimum absolute atomic E-state index is 0.0370. The maximum atomic E-state index is 12.3. The van der Waals surface area contributed by atoms with E-state index in [1.165, 1.54) is 4.90 Å². The Morgan fingerprint density at radius 1 is 0.900 bits per heavy atom. The van der Waals surface area contributed by atoms with Crippen LogP contribution in [0.1, 0.15) is 44.9 Å². The number of carbonyl (C=O) groups excluding carboxylic acids is 3. The van der Waals surface area contributed by atoms with E-state index in [0.29, 0.717) is 0 Å². The summed E-state index contributed by atoms with van der Waals surface area (Å²) in [4.78, 5) is 39.9.